The molecule has 0 unspecified atom stereocenters. The van der Waals surface area contributed by atoms with Crippen molar-refractivity contribution >= 4 is 29.5 Å². The monoisotopic (exact) mass is 746 g/mol. The molecule has 8 N–H and O–H groups in total. The molecule has 5 amide bonds. The lowest BCUT2D eigenvalue weighted by molar-refractivity contribution is -0.148. The third kappa shape index (κ3) is 10.7. The Hall–Kier alpha value is -2.81. The molecule has 5 aliphatic rings. The van der Waals surface area contributed by atoms with Gasteiger partial charge in [0.15, 0.2) is 0 Å². The van der Waals surface area contributed by atoms with Crippen LogP contribution in [0, 0.1) is 23.2 Å². The van der Waals surface area contributed by atoms with Crippen LogP contribution in [-0.4, -0.2) is 110 Å². The van der Waals surface area contributed by atoms with E-state index in [9.17, 15) is 24.0 Å². The topological polar surface area (TPSA) is 207 Å². The lowest BCUT2D eigenvalue weighted by Crippen LogP contribution is -2.62. The minimum absolute atomic E-state index is 0.0484. The quantitative estimate of drug-likeness (QED) is 0.190. The molecule has 6 atom stereocenters. The van der Waals surface area contributed by atoms with E-state index in [0.29, 0.717) is 37.0 Å². The molecule has 53 heavy (non-hydrogen) atoms. The maximum Gasteiger partial charge on any atom is 0.245 e. The molecule has 0 bridgehead atoms. The highest BCUT2D eigenvalue weighted by atomic mass is 16.5. The minimum atomic E-state index is -1.16. The molecule has 1 heterocycles. The zero-order valence-electron chi connectivity index (χ0n) is 32.4. The lowest BCUT2D eigenvalue weighted by Gasteiger charge is -2.55. The number of nitrogens with one attached hydrogen (secondary N) is 4. The van der Waals surface area contributed by atoms with E-state index in [0.717, 1.165) is 57.8 Å². The largest absolute Gasteiger partial charge is 0.376 e. The Kier molecular flexibility index (Phi) is 15.0. The van der Waals surface area contributed by atoms with Crippen LogP contribution in [0.25, 0.3) is 0 Å². The van der Waals surface area contributed by atoms with Gasteiger partial charge >= 0.3 is 0 Å². The normalized spacial score (nSPS) is 34.5. The van der Waals surface area contributed by atoms with Crippen LogP contribution in [0.2, 0.25) is 0 Å². The van der Waals surface area contributed by atoms with E-state index >= 15 is 0 Å². The van der Waals surface area contributed by atoms with Gasteiger partial charge in [0, 0.05) is 26.2 Å². The highest BCUT2D eigenvalue weighted by molar-refractivity contribution is 5.96. The van der Waals surface area contributed by atoms with Crippen LogP contribution in [0.15, 0.2) is 0 Å². The van der Waals surface area contributed by atoms with Gasteiger partial charge in [-0.3, -0.25) is 24.0 Å². The van der Waals surface area contributed by atoms with Crippen molar-refractivity contribution < 1.29 is 33.4 Å². The first-order valence-electron chi connectivity index (χ1n) is 20.6. The molecule has 1 saturated heterocycles. The van der Waals surface area contributed by atoms with Gasteiger partial charge in [-0.05, 0) is 81.5 Å². The first kappa shape index (κ1) is 41.4. The van der Waals surface area contributed by atoms with Gasteiger partial charge < -0.3 is 47.1 Å². The smallest absolute Gasteiger partial charge is 0.245 e. The Morgan fingerprint density at radius 1 is 0.887 bits per heavy atom. The zero-order valence-corrected chi connectivity index (χ0v) is 32.4. The van der Waals surface area contributed by atoms with Gasteiger partial charge in [0.25, 0.3) is 0 Å². The van der Waals surface area contributed by atoms with Crippen LogP contribution >= 0.6 is 0 Å². The van der Waals surface area contributed by atoms with Crippen molar-refractivity contribution in [3.63, 3.8) is 0 Å². The minimum Gasteiger partial charge on any atom is -0.376 e. The molecule has 5 rings (SSSR count). The summed E-state index contributed by atoms with van der Waals surface area (Å²) >= 11 is 0. The highest BCUT2D eigenvalue weighted by Crippen LogP contribution is 2.60. The van der Waals surface area contributed by atoms with Crippen molar-refractivity contribution in [1.29, 1.82) is 0 Å². The van der Waals surface area contributed by atoms with Crippen LogP contribution in [-0.2, 0) is 33.4 Å². The van der Waals surface area contributed by atoms with Crippen LogP contribution in [0.5, 0.6) is 0 Å². The second-order valence-corrected chi connectivity index (χ2v) is 16.9. The fourth-order valence-corrected chi connectivity index (χ4v) is 9.29. The molecule has 14 nitrogen and oxygen atoms in total. The second kappa shape index (κ2) is 19.2. The van der Waals surface area contributed by atoms with E-state index in [1.54, 1.807) is 7.05 Å². The molecule has 0 aromatic heterocycles. The molecule has 1 spiro atoms. The van der Waals surface area contributed by atoms with E-state index in [1.807, 2.05) is 13.8 Å². The van der Waals surface area contributed by atoms with Crippen molar-refractivity contribution in [1.82, 2.24) is 26.2 Å². The molecule has 5 fully saturated rings. The van der Waals surface area contributed by atoms with E-state index in [4.69, 9.17) is 20.9 Å². The Balaban J connectivity index is 1.40. The first-order valence-corrected chi connectivity index (χ1v) is 20.6. The van der Waals surface area contributed by atoms with Crippen LogP contribution in [0.1, 0.15) is 117 Å². The average Bonchev–Trinajstić information content (AvgIpc) is 3.38. The molecule has 300 valence electrons. The summed E-state index contributed by atoms with van der Waals surface area (Å²) in [6.07, 6.45) is 14.1. The summed E-state index contributed by atoms with van der Waals surface area (Å²) < 4.78 is 12.4. The number of amides is 5. The highest BCUT2D eigenvalue weighted by Gasteiger charge is 2.49. The molecule has 0 radical (unpaired) electrons. The molecule has 4 saturated carbocycles. The molecule has 1 aliphatic heterocycles. The van der Waals surface area contributed by atoms with Crippen molar-refractivity contribution in [3.8, 4) is 0 Å². The summed E-state index contributed by atoms with van der Waals surface area (Å²) in [5.41, 5.74) is 12.4. The zero-order chi connectivity index (χ0) is 38.1. The SMILES string of the molecule is CCC[C@H]1C(=O)N[C@@H](C2CCCCCC2)C(=O)N[C@@H](CN)C(=O)N[C@@H](COC2CC(N)C2)C(=O)NCCO[C@H](CC2CC3(CCC3)C2)[C@@H](C)C(=O)N1C. The maximum absolute atomic E-state index is 14.2. The molecule has 14 heteroatoms. The fraction of sp³-hybridized carbons (Fsp3) is 0.872. The summed E-state index contributed by atoms with van der Waals surface area (Å²) in [6.45, 7) is 3.86. The summed E-state index contributed by atoms with van der Waals surface area (Å²) in [5.74, 6) is -2.40. The number of ether oxygens (including phenoxy) is 2. The number of carbonyl (C=O) groups excluding carboxylic acids is 5. The number of rotatable bonds is 9. The van der Waals surface area contributed by atoms with Gasteiger partial charge in [0.2, 0.25) is 29.5 Å². The average molecular weight is 746 g/mol. The molecule has 4 aliphatic carbocycles. The number of nitrogens with zero attached hydrogens (tertiary/aromatic N) is 1. The predicted octanol–water partition coefficient (Wildman–Crippen LogP) is 1.62. The molecular weight excluding hydrogens is 678 g/mol. The standard InChI is InChI=1S/C39H67N7O7/c1-4-10-31-36(49)45-33(26-11-7-5-6-8-12-26)37(50)43-29(22-40)35(48)44-30(23-53-28-18-27(41)19-28)34(47)42-15-16-52-32(24(2)38(51)46(31)3)17-25-20-39(21-25)13-9-14-39/h24-33H,4-23,40-41H2,1-3H3,(H,42,47)(H,43,50)(H,44,48)(H,45,49)/t24-,27?,28?,29+,30+,31+,32-,33+/m1/s1. The maximum atomic E-state index is 14.2. The Bertz CT molecular complexity index is 1260. The molecule has 0 aromatic carbocycles. The Morgan fingerprint density at radius 3 is 2.17 bits per heavy atom. The van der Waals surface area contributed by atoms with E-state index < -0.39 is 59.8 Å². The number of likely N-dealkylation sites (N-methyl/N-ethyl adjacent to an activating group) is 1. The van der Waals surface area contributed by atoms with Gasteiger partial charge in [-0.15, -0.1) is 0 Å². The van der Waals surface area contributed by atoms with Gasteiger partial charge in [0.05, 0.1) is 31.3 Å². The van der Waals surface area contributed by atoms with E-state index in [1.165, 1.54) is 24.2 Å². The summed E-state index contributed by atoms with van der Waals surface area (Å²) in [6, 6.07) is -3.89. The van der Waals surface area contributed by atoms with Gasteiger partial charge in [-0.25, -0.2) is 0 Å². The third-order valence-electron chi connectivity index (χ3n) is 12.9. The van der Waals surface area contributed by atoms with Crippen LogP contribution < -0.4 is 32.7 Å². The lowest BCUT2D eigenvalue weighted by atomic mass is 9.51. The predicted molar refractivity (Wildman–Crippen MR) is 200 cm³/mol. The summed E-state index contributed by atoms with van der Waals surface area (Å²) in [5, 5.41) is 11.5. The van der Waals surface area contributed by atoms with Crippen molar-refractivity contribution in [3.05, 3.63) is 0 Å². The summed E-state index contributed by atoms with van der Waals surface area (Å²) in [7, 11) is 1.67. The number of hydrogen-bond donors (Lipinski definition) is 6. The molecule has 0 aromatic rings. The number of carbonyl (C=O) groups is 5. The van der Waals surface area contributed by atoms with Crippen molar-refractivity contribution in [2.24, 2.45) is 34.6 Å². The fourth-order valence-electron chi connectivity index (χ4n) is 9.29. The second-order valence-electron chi connectivity index (χ2n) is 16.9. The van der Waals surface area contributed by atoms with Gasteiger partial charge in [-0.1, -0.05) is 52.4 Å². The Labute approximate surface area is 315 Å². The van der Waals surface area contributed by atoms with E-state index in [-0.39, 0.29) is 50.3 Å². The van der Waals surface area contributed by atoms with Gasteiger partial charge in [-0.2, -0.15) is 0 Å². The molecular formula is C39H67N7O7. The van der Waals surface area contributed by atoms with Crippen molar-refractivity contribution in [2.75, 3.05) is 33.4 Å². The third-order valence-corrected chi connectivity index (χ3v) is 12.9. The van der Waals surface area contributed by atoms with Crippen LogP contribution in [0.3, 0.4) is 0 Å². The van der Waals surface area contributed by atoms with E-state index in [2.05, 4.69) is 21.3 Å². The van der Waals surface area contributed by atoms with Crippen LogP contribution in [0.4, 0.5) is 0 Å². The van der Waals surface area contributed by atoms with Crippen molar-refractivity contribution in [2.45, 2.75) is 159 Å². The number of hydrogen-bond acceptors (Lipinski definition) is 9. The number of nitrogens with two attached hydrogens (primary N) is 2. The van der Waals surface area contributed by atoms with Gasteiger partial charge in [0.1, 0.15) is 24.2 Å². The summed E-state index contributed by atoms with van der Waals surface area (Å²) in [4.78, 5) is 71.2. The Morgan fingerprint density at radius 2 is 1.57 bits per heavy atom. The first-order chi connectivity index (χ1) is 25.4.